The summed E-state index contributed by atoms with van der Waals surface area (Å²) >= 11 is 0. The highest BCUT2D eigenvalue weighted by Crippen LogP contribution is 2.31. The molecule has 1 saturated carbocycles. The van der Waals surface area contributed by atoms with Crippen LogP contribution in [0.25, 0.3) is 0 Å². The molecule has 112 valence electrons. The Morgan fingerprint density at radius 1 is 1.29 bits per heavy atom. The van der Waals surface area contributed by atoms with Crippen LogP contribution in [0.5, 0.6) is 0 Å². The van der Waals surface area contributed by atoms with E-state index in [1.165, 1.54) is 17.5 Å². The van der Waals surface area contributed by atoms with Crippen LogP contribution >= 0.6 is 0 Å². The number of hydrogen-bond donors (Lipinski definition) is 1. The fourth-order valence-electron chi connectivity index (χ4n) is 3.96. The molecule has 0 spiro atoms. The molecule has 2 atom stereocenters. The van der Waals surface area contributed by atoms with Gasteiger partial charge in [0.2, 0.25) is 0 Å². The summed E-state index contributed by atoms with van der Waals surface area (Å²) in [7, 11) is 0. The lowest BCUT2D eigenvalue weighted by atomic mass is 9.97. The van der Waals surface area contributed by atoms with Crippen LogP contribution in [0, 0.1) is 0 Å². The van der Waals surface area contributed by atoms with Crippen LogP contribution in [0.4, 0.5) is 0 Å². The number of morpholine rings is 1. The highest BCUT2D eigenvalue weighted by Gasteiger charge is 2.38. The van der Waals surface area contributed by atoms with Crippen LogP contribution in [0.2, 0.25) is 0 Å². The zero-order chi connectivity index (χ0) is 14.2. The largest absolute Gasteiger partial charge is 0.374 e. The predicted molar refractivity (Wildman–Crippen MR) is 80.3 cm³/mol. The van der Waals surface area contributed by atoms with Crippen LogP contribution in [0.15, 0.2) is 18.2 Å². The van der Waals surface area contributed by atoms with Crippen molar-refractivity contribution in [2.45, 2.75) is 44.4 Å². The smallest absolute Gasteiger partial charge is 0.254 e. The normalized spacial score (nSPS) is 28.1. The minimum absolute atomic E-state index is 0.184. The van der Waals surface area contributed by atoms with Crippen molar-refractivity contribution in [1.82, 2.24) is 10.2 Å². The Hall–Kier alpha value is -1.39. The Morgan fingerprint density at radius 3 is 3.19 bits per heavy atom. The molecule has 2 aliphatic heterocycles. The van der Waals surface area contributed by atoms with E-state index in [-0.39, 0.29) is 12.0 Å². The third-order valence-corrected chi connectivity index (χ3v) is 5.08. The van der Waals surface area contributed by atoms with E-state index in [1.54, 1.807) is 0 Å². The van der Waals surface area contributed by atoms with Gasteiger partial charge in [-0.15, -0.1) is 0 Å². The Kier molecular flexibility index (Phi) is 3.43. The summed E-state index contributed by atoms with van der Waals surface area (Å²) in [6, 6.07) is 6.52. The second kappa shape index (κ2) is 5.43. The Balaban J connectivity index is 1.59. The lowest BCUT2D eigenvalue weighted by molar-refractivity contribution is -0.0445. The van der Waals surface area contributed by atoms with E-state index in [0.29, 0.717) is 12.6 Å². The summed E-state index contributed by atoms with van der Waals surface area (Å²) in [4.78, 5) is 14.9. The number of ether oxygens (including phenoxy) is 1. The van der Waals surface area contributed by atoms with Gasteiger partial charge in [0.1, 0.15) is 0 Å². The molecule has 2 unspecified atom stereocenters. The van der Waals surface area contributed by atoms with Crippen molar-refractivity contribution in [1.29, 1.82) is 0 Å². The van der Waals surface area contributed by atoms with Crippen molar-refractivity contribution >= 4 is 5.91 Å². The van der Waals surface area contributed by atoms with E-state index in [2.05, 4.69) is 22.3 Å². The van der Waals surface area contributed by atoms with Crippen molar-refractivity contribution < 1.29 is 9.53 Å². The molecule has 1 saturated heterocycles. The fourth-order valence-corrected chi connectivity index (χ4v) is 3.96. The summed E-state index contributed by atoms with van der Waals surface area (Å²) in [5.41, 5.74) is 3.50. The maximum Gasteiger partial charge on any atom is 0.254 e. The molecule has 4 heteroatoms. The first kappa shape index (κ1) is 13.3. The van der Waals surface area contributed by atoms with Gasteiger partial charge in [0, 0.05) is 18.7 Å². The summed E-state index contributed by atoms with van der Waals surface area (Å²) in [6.07, 6.45) is 4.69. The number of nitrogens with one attached hydrogen (secondary N) is 1. The number of nitrogens with zero attached hydrogens (tertiary/aromatic N) is 1. The fraction of sp³-hybridized carbons (Fsp3) is 0.588. The molecule has 0 radical (unpaired) electrons. The predicted octanol–water partition coefficient (Wildman–Crippen LogP) is 1.73. The van der Waals surface area contributed by atoms with Crippen LogP contribution in [-0.2, 0) is 17.7 Å². The van der Waals surface area contributed by atoms with E-state index in [4.69, 9.17) is 4.74 Å². The summed E-state index contributed by atoms with van der Waals surface area (Å²) in [5, 5.41) is 3.38. The minimum Gasteiger partial charge on any atom is -0.374 e. The van der Waals surface area contributed by atoms with Crippen molar-refractivity contribution in [3.63, 3.8) is 0 Å². The quantitative estimate of drug-likeness (QED) is 0.855. The summed E-state index contributed by atoms with van der Waals surface area (Å²) in [6.45, 7) is 3.33. The molecule has 1 aliphatic carbocycles. The van der Waals surface area contributed by atoms with Gasteiger partial charge in [0.15, 0.2) is 0 Å². The van der Waals surface area contributed by atoms with E-state index in [1.807, 2.05) is 6.07 Å². The van der Waals surface area contributed by atoms with Gasteiger partial charge in [0.25, 0.3) is 5.91 Å². The topological polar surface area (TPSA) is 41.6 Å². The maximum absolute atomic E-state index is 12.9. The molecule has 2 heterocycles. The van der Waals surface area contributed by atoms with E-state index in [0.717, 1.165) is 44.5 Å². The molecule has 4 nitrogen and oxygen atoms in total. The Bertz CT molecular complexity index is 558. The number of carbonyl (C=O) groups excluding carboxylic acids is 1. The summed E-state index contributed by atoms with van der Waals surface area (Å²) in [5.74, 6) is 0.184. The Morgan fingerprint density at radius 2 is 2.24 bits per heavy atom. The molecule has 3 aliphatic rings. The number of hydrogen-bond acceptors (Lipinski definition) is 3. The molecular weight excluding hydrogens is 264 g/mol. The van der Waals surface area contributed by atoms with Gasteiger partial charge in [-0.05, 0) is 55.5 Å². The molecular formula is C17H22N2O2. The first-order chi connectivity index (χ1) is 10.3. The zero-order valence-corrected chi connectivity index (χ0v) is 12.3. The first-order valence-corrected chi connectivity index (χ1v) is 8.08. The average Bonchev–Trinajstić information content (AvgIpc) is 3.02. The monoisotopic (exact) mass is 286 g/mol. The molecule has 21 heavy (non-hydrogen) atoms. The van der Waals surface area contributed by atoms with Gasteiger partial charge >= 0.3 is 0 Å². The number of fused-ring (bicyclic) bond motifs is 2. The number of benzene rings is 1. The average molecular weight is 286 g/mol. The first-order valence-electron chi connectivity index (χ1n) is 8.08. The molecule has 1 N–H and O–H groups in total. The van der Waals surface area contributed by atoms with Crippen LogP contribution in [-0.4, -0.2) is 42.6 Å². The van der Waals surface area contributed by atoms with Crippen molar-refractivity contribution in [2.24, 2.45) is 0 Å². The SMILES string of the molecule is O=C(c1ccc2c(c1)CNCC2)N1CCOC2CCCC21. The maximum atomic E-state index is 12.9. The molecule has 4 rings (SSSR count). The zero-order valence-electron chi connectivity index (χ0n) is 12.3. The third-order valence-electron chi connectivity index (χ3n) is 5.08. The second-order valence-corrected chi connectivity index (χ2v) is 6.32. The molecule has 2 fully saturated rings. The lowest BCUT2D eigenvalue weighted by Crippen LogP contribution is -2.51. The Labute approximate surface area is 125 Å². The molecule has 1 amide bonds. The standard InChI is InChI=1S/C17H22N2O2/c20-17(19-8-9-21-16-3-1-2-15(16)19)13-5-4-12-6-7-18-11-14(12)10-13/h4-5,10,15-16,18H,1-3,6-9,11H2. The van der Waals surface area contributed by atoms with Gasteiger partial charge in [-0.1, -0.05) is 6.07 Å². The molecule has 0 bridgehead atoms. The lowest BCUT2D eigenvalue weighted by Gasteiger charge is -2.37. The molecule has 1 aromatic carbocycles. The summed E-state index contributed by atoms with van der Waals surface area (Å²) < 4.78 is 5.80. The number of amides is 1. The van der Waals surface area contributed by atoms with Gasteiger partial charge in [0.05, 0.1) is 18.8 Å². The van der Waals surface area contributed by atoms with Crippen LogP contribution in [0.3, 0.4) is 0 Å². The number of rotatable bonds is 1. The molecule has 1 aromatic rings. The van der Waals surface area contributed by atoms with E-state index >= 15 is 0 Å². The van der Waals surface area contributed by atoms with Gasteiger partial charge < -0.3 is 15.0 Å². The third kappa shape index (κ3) is 2.36. The second-order valence-electron chi connectivity index (χ2n) is 6.32. The van der Waals surface area contributed by atoms with Crippen molar-refractivity contribution in [2.75, 3.05) is 19.7 Å². The van der Waals surface area contributed by atoms with E-state index in [9.17, 15) is 4.79 Å². The van der Waals surface area contributed by atoms with E-state index < -0.39 is 0 Å². The number of carbonyl (C=O) groups is 1. The highest BCUT2D eigenvalue weighted by atomic mass is 16.5. The minimum atomic E-state index is 0.184. The molecule has 0 aromatic heterocycles. The van der Waals surface area contributed by atoms with Crippen LogP contribution in [0.1, 0.15) is 40.7 Å². The van der Waals surface area contributed by atoms with Crippen LogP contribution < -0.4 is 5.32 Å². The van der Waals surface area contributed by atoms with Crippen molar-refractivity contribution in [3.8, 4) is 0 Å². The van der Waals surface area contributed by atoms with Gasteiger partial charge in [-0.3, -0.25) is 4.79 Å². The van der Waals surface area contributed by atoms with Crippen molar-refractivity contribution in [3.05, 3.63) is 34.9 Å². The van der Waals surface area contributed by atoms with Gasteiger partial charge in [-0.2, -0.15) is 0 Å². The highest BCUT2D eigenvalue weighted by molar-refractivity contribution is 5.95. The van der Waals surface area contributed by atoms with Gasteiger partial charge in [-0.25, -0.2) is 0 Å².